The second-order valence-electron chi connectivity index (χ2n) is 5.35. The van der Waals surface area contributed by atoms with Crippen LogP contribution in [-0.2, 0) is 0 Å². The third-order valence-electron chi connectivity index (χ3n) is 3.38. The summed E-state index contributed by atoms with van der Waals surface area (Å²) in [6, 6.07) is 3.08. The molecule has 0 spiro atoms. The molecule has 0 fully saturated rings. The molecule has 2 rings (SSSR count). The van der Waals surface area contributed by atoms with Crippen molar-refractivity contribution in [1.29, 1.82) is 0 Å². The summed E-state index contributed by atoms with van der Waals surface area (Å²) in [4.78, 5) is 7.84. The van der Waals surface area contributed by atoms with Gasteiger partial charge in [0.1, 0.15) is 12.4 Å². The van der Waals surface area contributed by atoms with E-state index in [-0.39, 0.29) is 24.0 Å². The molecule has 0 bridgehead atoms. The maximum absolute atomic E-state index is 13.3. The maximum atomic E-state index is 13.3. The van der Waals surface area contributed by atoms with Crippen molar-refractivity contribution in [2.75, 3.05) is 11.6 Å². The normalized spacial score (nSPS) is 12.4. The summed E-state index contributed by atoms with van der Waals surface area (Å²) in [7, 11) is 0. The van der Waals surface area contributed by atoms with Crippen molar-refractivity contribution in [2.45, 2.75) is 13.3 Å². The number of nitrogens with two attached hydrogens (primary N) is 2. The van der Waals surface area contributed by atoms with Crippen molar-refractivity contribution in [3.8, 4) is 6.01 Å². The Morgan fingerprint density at radius 2 is 2.04 bits per heavy atom. The average Bonchev–Trinajstić information content (AvgIpc) is 2.66. The lowest BCUT2D eigenvalue weighted by Gasteiger charge is -2.16. The van der Waals surface area contributed by atoms with Gasteiger partial charge in [-0.05, 0) is 25.1 Å². The zero-order valence-corrected chi connectivity index (χ0v) is 14.2. The summed E-state index contributed by atoms with van der Waals surface area (Å²) in [5.74, 6) is 4.71. The smallest absolute Gasteiger partial charge is 0.316 e. The number of halogens is 3. The second kappa shape index (κ2) is 8.85. The SMILES string of the molecule is C/C(=N\O)c1cnc(OC/C(N)=C/N(N)c2ccc(F)c(C(F)F)c2)nc1. The van der Waals surface area contributed by atoms with Gasteiger partial charge in [-0.3, -0.25) is 5.01 Å². The zero-order chi connectivity index (χ0) is 20.0. The molecule has 1 aromatic heterocycles. The minimum Gasteiger partial charge on any atom is -0.457 e. The highest BCUT2D eigenvalue weighted by molar-refractivity contribution is 5.97. The van der Waals surface area contributed by atoms with Crippen molar-refractivity contribution >= 4 is 11.4 Å². The Morgan fingerprint density at radius 3 is 2.63 bits per heavy atom. The molecule has 0 unspecified atom stereocenters. The fourth-order valence-electron chi connectivity index (χ4n) is 1.93. The van der Waals surface area contributed by atoms with Crippen molar-refractivity contribution < 1.29 is 23.1 Å². The van der Waals surface area contributed by atoms with Crippen LogP contribution in [0, 0.1) is 5.82 Å². The van der Waals surface area contributed by atoms with E-state index in [2.05, 4.69) is 15.1 Å². The Balaban J connectivity index is 2.02. The van der Waals surface area contributed by atoms with Crippen LogP contribution in [0.5, 0.6) is 6.01 Å². The van der Waals surface area contributed by atoms with Gasteiger partial charge in [-0.1, -0.05) is 5.16 Å². The number of aromatic nitrogens is 2. The average molecular weight is 382 g/mol. The first-order valence-corrected chi connectivity index (χ1v) is 7.53. The van der Waals surface area contributed by atoms with E-state index in [1.807, 2.05) is 0 Å². The van der Waals surface area contributed by atoms with Crippen LogP contribution in [0.1, 0.15) is 24.5 Å². The third-order valence-corrected chi connectivity index (χ3v) is 3.38. The van der Waals surface area contributed by atoms with Crippen molar-refractivity contribution in [1.82, 2.24) is 9.97 Å². The van der Waals surface area contributed by atoms with Crippen LogP contribution in [-0.4, -0.2) is 27.5 Å². The number of ether oxygens (including phenoxy) is 1. The molecule has 11 heteroatoms. The van der Waals surface area contributed by atoms with E-state index in [1.165, 1.54) is 24.7 Å². The molecule has 27 heavy (non-hydrogen) atoms. The molecule has 5 N–H and O–H groups in total. The van der Waals surface area contributed by atoms with Crippen LogP contribution in [0.2, 0.25) is 0 Å². The van der Waals surface area contributed by atoms with Gasteiger partial charge in [-0.2, -0.15) is 0 Å². The Labute approximate surface area is 152 Å². The summed E-state index contributed by atoms with van der Waals surface area (Å²) in [6.45, 7) is 1.44. The van der Waals surface area contributed by atoms with Crippen molar-refractivity contribution in [3.05, 3.63) is 59.4 Å². The monoisotopic (exact) mass is 382 g/mol. The van der Waals surface area contributed by atoms with E-state index in [0.29, 0.717) is 11.3 Å². The summed E-state index contributed by atoms with van der Waals surface area (Å²) in [5, 5.41) is 12.7. The van der Waals surface area contributed by atoms with Crippen LogP contribution < -0.4 is 21.3 Å². The molecule has 0 radical (unpaired) electrons. The highest BCUT2D eigenvalue weighted by Crippen LogP contribution is 2.26. The summed E-state index contributed by atoms with van der Waals surface area (Å²) < 4.78 is 44.1. The van der Waals surface area contributed by atoms with Gasteiger partial charge >= 0.3 is 6.01 Å². The number of benzene rings is 1. The highest BCUT2D eigenvalue weighted by atomic mass is 19.3. The van der Waals surface area contributed by atoms with E-state index < -0.39 is 17.8 Å². The van der Waals surface area contributed by atoms with E-state index in [4.69, 9.17) is 21.5 Å². The molecule has 1 heterocycles. The molecule has 0 aliphatic carbocycles. The number of hydrogen-bond donors (Lipinski definition) is 3. The number of rotatable bonds is 7. The predicted molar refractivity (Wildman–Crippen MR) is 91.8 cm³/mol. The van der Waals surface area contributed by atoms with E-state index in [0.717, 1.165) is 17.1 Å². The van der Waals surface area contributed by atoms with Gasteiger partial charge in [-0.25, -0.2) is 29.0 Å². The number of alkyl halides is 2. The third kappa shape index (κ3) is 5.31. The Bertz CT molecular complexity index is 843. The maximum Gasteiger partial charge on any atom is 0.316 e. The topological polar surface area (TPSA) is 123 Å². The van der Waals surface area contributed by atoms with Gasteiger partial charge < -0.3 is 15.7 Å². The zero-order valence-electron chi connectivity index (χ0n) is 14.2. The molecule has 144 valence electrons. The molecule has 2 aromatic rings. The molecule has 0 aliphatic heterocycles. The molecule has 8 nitrogen and oxygen atoms in total. The fourth-order valence-corrected chi connectivity index (χ4v) is 1.93. The van der Waals surface area contributed by atoms with E-state index >= 15 is 0 Å². The van der Waals surface area contributed by atoms with E-state index in [1.54, 1.807) is 6.92 Å². The molecule has 0 amide bonds. The number of oxime groups is 1. The first-order valence-electron chi connectivity index (χ1n) is 7.53. The largest absolute Gasteiger partial charge is 0.457 e. The number of anilines is 1. The Hall–Kier alpha value is -3.34. The molecule has 0 aliphatic rings. The first kappa shape index (κ1) is 20.0. The van der Waals surface area contributed by atoms with Gasteiger partial charge in [0.05, 0.1) is 22.7 Å². The first-order chi connectivity index (χ1) is 12.8. The lowest BCUT2D eigenvalue weighted by molar-refractivity contribution is 0.146. The van der Waals surface area contributed by atoms with Gasteiger partial charge in [-0.15, -0.1) is 0 Å². The second-order valence-corrected chi connectivity index (χ2v) is 5.35. The molecule has 0 saturated heterocycles. The van der Waals surface area contributed by atoms with Gasteiger partial charge in [0, 0.05) is 24.2 Å². The summed E-state index contributed by atoms with van der Waals surface area (Å²) >= 11 is 0. The van der Waals surface area contributed by atoms with Crippen LogP contribution in [0.15, 0.2) is 47.6 Å². The van der Waals surface area contributed by atoms with E-state index in [9.17, 15) is 13.2 Å². The Morgan fingerprint density at radius 1 is 1.37 bits per heavy atom. The number of hydrogen-bond acceptors (Lipinski definition) is 8. The molecular weight excluding hydrogens is 365 g/mol. The van der Waals surface area contributed by atoms with Gasteiger partial charge in [0.2, 0.25) is 0 Å². The molecule has 0 saturated carbocycles. The molecular formula is C16H17F3N6O2. The lowest BCUT2D eigenvalue weighted by Crippen LogP contribution is -2.27. The van der Waals surface area contributed by atoms with Gasteiger partial charge in [0.25, 0.3) is 6.43 Å². The molecule has 0 atom stereocenters. The van der Waals surface area contributed by atoms with Crippen molar-refractivity contribution in [3.63, 3.8) is 0 Å². The van der Waals surface area contributed by atoms with Crippen LogP contribution in [0.25, 0.3) is 0 Å². The quantitative estimate of drug-likeness (QED) is 0.291. The summed E-state index contributed by atoms with van der Waals surface area (Å²) in [5.41, 5.74) is 6.11. The van der Waals surface area contributed by atoms with Crippen LogP contribution >= 0.6 is 0 Å². The van der Waals surface area contributed by atoms with Crippen LogP contribution in [0.3, 0.4) is 0 Å². The summed E-state index contributed by atoms with van der Waals surface area (Å²) in [6.07, 6.45) is 1.07. The number of hydrazine groups is 1. The minimum absolute atomic E-state index is 0.0196. The predicted octanol–water partition coefficient (Wildman–Crippen LogP) is 2.31. The lowest BCUT2D eigenvalue weighted by atomic mass is 10.2. The minimum atomic E-state index is -2.97. The highest BCUT2D eigenvalue weighted by Gasteiger charge is 2.15. The van der Waals surface area contributed by atoms with Crippen LogP contribution in [0.4, 0.5) is 18.9 Å². The fraction of sp³-hybridized carbons (Fsp3) is 0.188. The number of nitrogens with zero attached hydrogens (tertiary/aromatic N) is 4. The van der Waals surface area contributed by atoms with Gasteiger partial charge in [0.15, 0.2) is 0 Å². The molecule has 1 aromatic carbocycles. The van der Waals surface area contributed by atoms with Crippen molar-refractivity contribution in [2.24, 2.45) is 16.7 Å². The Kier molecular flexibility index (Phi) is 6.55. The standard InChI is InChI=1S/C16H17F3N6O2/c1-9(24-26)10-5-22-16(23-6-10)27-8-11(20)7-25(21)12-2-3-14(17)13(4-12)15(18)19/h2-7,15,26H,8,20-21H2,1H3/b11-7-,24-9+.